The topological polar surface area (TPSA) is 15.3 Å². The van der Waals surface area contributed by atoms with Gasteiger partial charge in [-0.05, 0) is 56.2 Å². The second kappa shape index (κ2) is 6.36. The van der Waals surface area contributed by atoms with Crippen LogP contribution in [0.15, 0.2) is 18.2 Å². The van der Waals surface area contributed by atoms with Gasteiger partial charge in [0.15, 0.2) is 0 Å². The Morgan fingerprint density at radius 3 is 2.70 bits per heavy atom. The summed E-state index contributed by atoms with van der Waals surface area (Å²) in [6, 6.07) is 7.09. The fourth-order valence-electron chi connectivity index (χ4n) is 2.81. The second-order valence-corrected chi connectivity index (χ2v) is 6.66. The highest BCUT2D eigenvalue weighted by Crippen LogP contribution is 2.41. The van der Waals surface area contributed by atoms with Gasteiger partial charge in [0.1, 0.15) is 0 Å². The molecule has 2 nitrogen and oxygen atoms in total. The van der Waals surface area contributed by atoms with Crippen molar-refractivity contribution < 1.29 is 0 Å². The first-order chi connectivity index (χ1) is 9.79. The first kappa shape index (κ1) is 14.2. The minimum Gasteiger partial charge on any atom is -0.367 e. The normalized spacial score (nSPS) is 18.3. The molecular formula is C17H25ClN2. The summed E-state index contributed by atoms with van der Waals surface area (Å²) >= 11 is 6.54. The van der Waals surface area contributed by atoms with E-state index in [0.29, 0.717) is 0 Å². The first-order valence-electron chi connectivity index (χ1n) is 8.04. The van der Waals surface area contributed by atoms with E-state index in [1.807, 2.05) is 6.07 Å². The zero-order chi connectivity index (χ0) is 13.9. The molecule has 0 aliphatic heterocycles. The third-order valence-electron chi connectivity index (χ3n) is 4.24. The number of halogens is 1. The van der Waals surface area contributed by atoms with Crippen LogP contribution in [0.25, 0.3) is 0 Å². The van der Waals surface area contributed by atoms with Crippen LogP contribution < -0.4 is 10.2 Å². The number of nitrogens with zero attached hydrogens (tertiary/aromatic N) is 1. The summed E-state index contributed by atoms with van der Waals surface area (Å²) in [5.41, 5.74) is 2.66. The van der Waals surface area contributed by atoms with E-state index >= 15 is 0 Å². The molecule has 3 heteroatoms. The summed E-state index contributed by atoms with van der Waals surface area (Å²) in [5, 5.41) is 4.44. The molecule has 0 radical (unpaired) electrons. The minimum absolute atomic E-state index is 0.737. The monoisotopic (exact) mass is 292 g/mol. The summed E-state index contributed by atoms with van der Waals surface area (Å²) in [5.74, 6) is 0.906. The molecule has 2 aliphatic rings. The Balaban J connectivity index is 1.80. The predicted molar refractivity (Wildman–Crippen MR) is 86.5 cm³/mol. The lowest BCUT2D eigenvalue weighted by Gasteiger charge is -2.28. The maximum Gasteiger partial charge on any atom is 0.0643 e. The molecule has 3 rings (SSSR count). The van der Waals surface area contributed by atoms with Crippen LogP contribution in [0.4, 0.5) is 5.69 Å². The van der Waals surface area contributed by atoms with Crippen molar-refractivity contribution in [3.05, 3.63) is 28.8 Å². The van der Waals surface area contributed by atoms with E-state index in [-0.39, 0.29) is 0 Å². The Bertz CT molecular complexity index is 452. The molecule has 110 valence electrons. The molecule has 0 spiro atoms. The van der Waals surface area contributed by atoms with Gasteiger partial charge in [-0.3, -0.25) is 0 Å². The van der Waals surface area contributed by atoms with Crippen LogP contribution in [0.3, 0.4) is 0 Å². The molecule has 0 heterocycles. The third-order valence-corrected chi connectivity index (χ3v) is 4.54. The molecule has 0 saturated heterocycles. The van der Waals surface area contributed by atoms with Crippen molar-refractivity contribution in [2.75, 3.05) is 18.0 Å². The SMILES string of the molecule is CCCNCc1cccc(Cl)c1N(CC1CC1)C1CC1. The number of rotatable bonds is 8. The van der Waals surface area contributed by atoms with Crippen molar-refractivity contribution >= 4 is 17.3 Å². The molecule has 0 aromatic heterocycles. The number of nitrogens with one attached hydrogen (secondary N) is 1. The van der Waals surface area contributed by atoms with Gasteiger partial charge < -0.3 is 10.2 Å². The molecule has 1 N–H and O–H groups in total. The van der Waals surface area contributed by atoms with Gasteiger partial charge in [0, 0.05) is 19.1 Å². The Kier molecular flexibility index (Phi) is 4.52. The molecule has 2 aliphatic carbocycles. The van der Waals surface area contributed by atoms with E-state index in [1.54, 1.807) is 0 Å². The molecule has 20 heavy (non-hydrogen) atoms. The lowest BCUT2D eigenvalue weighted by Crippen LogP contribution is -2.30. The summed E-state index contributed by atoms with van der Waals surface area (Å²) in [6.45, 7) is 5.40. The van der Waals surface area contributed by atoms with Crippen molar-refractivity contribution in [2.24, 2.45) is 5.92 Å². The smallest absolute Gasteiger partial charge is 0.0643 e. The maximum atomic E-state index is 6.54. The summed E-state index contributed by atoms with van der Waals surface area (Å²) < 4.78 is 0. The Morgan fingerprint density at radius 1 is 1.25 bits per heavy atom. The molecule has 0 bridgehead atoms. The fourth-order valence-corrected chi connectivity index (χ4v) is 3.11. The van der Waals surface area contributed by atoms with E-state index in [0.717, 1.165) is 30.1 Å². The average Bonchev–Trinajstić information content (AvgIpc) is 3.30. The van der Waals surface area contributed by atoms with E-state index < -0.39 is 0 Å². The van der Waals surface area contributed by atoms with Crippen LogP contribution in [0, 0.1) is 5.92 Å². The molecule has 0 amide bonds. The summed E-state index contributed by atoms with van der Waals surface area (Å²) in [4.78, 5) is 2.60. The van der Waals surface area contributed by atoms with Gasteiger partial charge in [-0.15, -0.1) is 0 Å². The van der Waals surface area contributed by atoms with Crippen molar-refractivity contribution in [1.29, 1.82) is 0 Å². The standard InChI is InChI=1S/C17H25ClN2/c1-2-10-19-11-14-4-3-5-16(18)17(14)20(15-8-9-15)12-13-6-7-13/h3-5,13,15,19H,2,6-12H2,1H3. The molecule has 0 atom stereocenters. The van der Waals surface area contributed by atoms with Gasteiger partial charge in [-0.25, -0.2) is 0 Å². The van der Waals surface area contributed by atoms with Gasteiger partial charge in [-0.2, -0.15) is 0 Å². The molecule has 1 aromatic rings. The predicted octanol–water partition coefficient (Wildman–Crippen LogP) is 4.22. The van der Waals surface area contributed by atoms with Crippen LogP contribution in [0.2, 0.25) is 5.02 Å². The zero-order valence-electron chi connectivity index (χ0n) is 12.4. The van der Waals surface area contributed by atoms with Crippen molar-refractivity contribution in [2.45, 2.75) is 51.6 Å². The molecule has 2 fully saturated rings. The van der Waals surface area contributed by atoms with Crippen molar-refractivity contribution in [3.8, 4) is 0 Å². The maximum absolute atomic E-state index is 6.54. The highest BCUT2D eigenvalue weighted by molar-refractivity contribution is 6.33. The number of anilines is 1. The van der Waals surface area contributed by atoms with Crippen LogP contribution in [-0.4, -0.2) is 19.1 Å². The molecule has 0 unspecified atom stereocenters. The Hall–Kier alpha value is -0.730. The highest BCUT2D eigenvalue weighted by atomic mass is 35.5. The minimum atomic E-state index is 0.737. The zero-order valence-corrected chi connectivity index (χ0v) is 13.1. The number of para-hydroxylation sites is 1. The second-order valence-electron chi connectivity index (χ2n) is 6.25. The fraction of sp³-hybridized carbons (Fsp3) is 0.647. The molecule has 1 aromatic carbocycles. The van der Waals surface area contributed by atoms with Crippen LogP contribution in [-0.2, 0) is 6.54 Å². The largest absolute Gasteiger partial charge is 0.367 e. The van der Waals surface area contributed by atoms with E-state index in [2.05, 4.69) is 29.3 Å². The van der Waals surface area contributed by atoms with Gasteiger partial charge in [0.2, 0.25) is 0 Å². The van der Waals surface area contributed by atoms with Crippen molar-refractivity contribution in [3.63, 3.8) is 0 Å². The van der Waals surface area contributed by atoms with Crippen molar-refractivity contribution in [1.82, 2.24) is 5.32 Å². The Morgan fingerprint density at radius 2 is 2.05 bits per heavy atom. The van der Waals surface area contributed by atoms with E-state index in [9.17, 15) is 0 Å². The van der Waals surface area contributed by atoms with E-state index in [1.165, 1.54) is 49.9 Å². The third kappa shape index (κ3) is 3.48. The van der Waals surface area contributed by atoms with Crippen LogP contribution in [0.1, 0.15) is 44.6 Å². The van der Waals surface area contributed by atoms with Gasteiger partial charge in [-0.1, -0.05) is 30.7 Å². The lowest BCUT2D eigenvalue weighted by atomic mass is 10.1. The summed E-state index contributed by atoms with van der Waals surface area (Å²) in [7, 11) is 0. The van der Waals surface area contributed by atoms with Crippen LogP contribution in [0.5, 0.6) is 0 Å². The molecule has 2 saturated carbocycles. The number of hydrogen-bond acceptors (Lipinski definition) is 2. The van der Waals surface area contributed by atoms with Gasteiger partial charge in [0.25, 0.3) is 0 Å². The summed E-state index contributed by atoms with van der Waals surface area (Å²) in [6.07, 6.45) is 6.64. The van der Waals surface area contributed by atoms with Crippen LogP contribution >= 0.6 is 11.6 Å². The van der Waals surface area contributed by atoms with Gasteiger partial charge >= 0.3 is 0 Å². The molecular weight excluding hydrogens is 268 g/mol. The Labute approximate surface area is 127 Å². The van der Waals surface area contributed by atoms with E-state index in [4.69, 9.17) is 11.6 Å². The number of benzene rings is 1. The quantitative estimate of drug-likeness (QED) is 0.722. The average molecular weight is 293 g/mol. The van der Waals surface area contributed by atoms with Gasteiger partial charge in [0.05, 0.1) is 10.7 Å². The first-order valence-corrected chi connectivity index (χ1v) is 8.42. The highest BCUT2D eigenvalue weighted by Gasteiger charge is 2.35. The lowest BCUT2D eigenvalue weighted by molar-refractivity contribution is 0.665. The number of hydrogen-bond donors (Lipinski definition) is 1.